The van der Waals surface area contributed by atoms with Gasteiger partial charge in [-0.25, -0.2) is 0 Å². The van der Waals surface area contributed by atoms with Crippen molar-refractivity contribution in [3.63, 3.8) is 0 Å². The lowest BCUT2D eigenvalue weighted by atomic mass is 10.2. The zero-order valence-corrected chi connectivity index (χ0v) is 14.3. The van der Waals surface area contributed by atoms with Crippen LogP contribution >= 0.6 is 27.5 Å². The Labute approximate surface area is 142 Å². The molecule has 116 valence electrons. The molecular formula is C16H15BrClNO3. The van der Waals surface area contributed by atoms with Gasteiger partial charge < -0.3 is 14.7 Å². The lowest BCUT2D eigenvalue weighted by Crippen LogP contribution is -2.01. The van der Waals surface area contributed by atoms with Crippen LogP contribution in [0, 0.1) is 0 Å². The van der Waals surface area contributed by atoms with Crippen LogP contribution in [-0.4, -0.2) is 18.0 Å². The maximum Gasteiger partial charge on any atom is 0.175 e. The summed E-state index contributed by atoms with van der Waals surface area (Å²) in [6.45, 7) is 2.79. The van der Waals surface area contributed by atoms with Crippen LogP contribution in [0.3, 0.4) is 0 Å². The predicted molar refractivity (Wildman–Crippen MR) is 90.5 cm³/mol. The summed E-state index contributed by atoms with van der Waals surface area (Å²) in [5.41, 5.74) is 1.71. The van der Waals surface area contributed by atoms with E-state index in [4.69, 9.17) is 26.3 Å². The third kappa shape index (κ3) is 4.39. The Morgan fingerprint density at radius 2 is 1.95 bits per heavy atom. The van der Waals surface area contributed by atoms with Crippen LogP contribution in [0.4, 0.5) is 0 Å². The van der Waals surface area contributed by atoms with Crippen molar-refractivity contribution in [3.05, 3.63) is 57.0 Å². The molecule has 0 amide bonds. The van der Waals surface area contributed by atoms with Crippen LogP contribution < -0.4 is 9.47 Å². The van der Waals surface area contributed by atoms with Crippen molar-refractivity contribution in [3.8, 4) is 11.5 Å². The van der Waals surface area contributed by atoms with Gasteiger partial charge in [-0.15, -0.1) is 0 Å². The molecule has 2 aromatic carbocycles. The molecule has 0 aliphatic carbocycles. The van der Waals surface area contributed by atoms with E-state index in [2.05, 4.69) is 21.1 Å². The molecule has 0 fully saturated rings. The van der Waals surface area contributed by atoms with Gasteiger partial charge in [-0.3, -0.25) is 0 Å². The Morgan fingerprint density at radius 3 is 2.59 bits per heavy atom. The standard InChI is InChI=1S/C16H15BrClNO3/c1-2-21-15-8-12(9-19-20)7-14(17)16(15)22-10-11-3-5-13(18)6-4-11/h3-9,20H,2,10H2,1H3/b19-9+. The number of benzene rings is 2. The second kappa shape index (κ2) is 8.06. The Hall–Kier alpha value is -1.72. The average molecular weight is 385 g/mol. The van der Waals surface area contributed by atoms with Gasteiger partial charge >= 0.3 is 0 Å². The number of nitrogens with zero attached hydrogens (tertiary/aromatic N) is 1. The number of halogens is 2. The van der Waals surface area contributed by atoms with E-state index < -0.39 is 0 Å². The minimum Gasteiger partial charge on any atom is -0.490 e. The Kier molecular flexibility index (Phi) is 6.10. The van der Waals surface area contributed by atoms with Crippen LogP contribution in [0.25, 0.3) is 0 Å². The fourth-order valence-corrected chi connectivity index (χ4v) is 2.57. The maximum absolute atomic E-state index is 8.65. The lowest BCUT2D eigenvalue weighted by Gasteiger charge is -2.14. The first kappa shape index (κ1) is 16.6. The van der Waals surface area contributed by atoms with Crippen molar-refractivity contribution in [1.29, 1.82) is 0 Å². The minimum atomic E-state index is 0.392. The van der Waals surface area contributed by atoms with Gasteiger partial charge in [-0.1, -0.05) is 28.9 Å². The zero-order valence-electron chi connectivity index (χ0n) is 11.9. The molecule has 2 rings (SSSR count). The normalized spacial score (nSPS) is 10.9. The summed E-state index contributed by atoms with van der Waals surface area (Å²) in [5, 5.41) is 12.4. The molecule has 0 spiro atoms. The molecule has 0 saturated heterocycles. The number of hydrogen-bond acceptors (Lipinski definition) is 4. The van der Waals surface area contributed by atoms with Crippen LogP contribution in [0.15, 0.2) is 46.0 Å². The van der Waals surface area contributed by atoms with E-state index in [0.29, 0.717) is 35.3 Å². The highest BCUT2D eigenvalue weighted by molar-refractivity contribution is 9.10. The summed E-state index contributed by atoms with van der Waals surface area (Å²) < 4.78 is 12.2. The summed E-state index contributed by atoms with van der Waals surface area (Å²) in [7, 11) is 0. The predicted octanol–water partition coefficient (Wildman–Crippen LogP) is 4.89. The molecule has 0 saturated carbocycles. The molecule has 0 aliphatic rings. The molecule has 0 atom stereocenters. The van der Waals surface area contributed by atoms with Crippen LogP contribution in [0.2, 0.25) is 5.02 Å². The third-order valence-corrected chi connectivity index (χ3v) is 3.68. The summed E-state index contributed by atoms with van der Waals surface area (Å²) in [6.07, 6.45) is 1.33. The van der Waals surface area contributed by atoms with Crippen LogP contribution in [0.1, 0.15) is 18.1 Å². The largest absolute Gasteiger partial charge is 0.490 e. The number of hydrogen-bond donors (Lipinski definition) is 1. The molecule has 0 aromatic heterocycles. The molecule has 0 unspecified atom stereocenters. The van der Waals surface area contributed by atoms with Gasteiger partial charge in [0.2, 0.25) is 0 Å². The Bertz CT molecular complexity index is 659. The number of oxime groups is 1. The number of rotatable bonds is 6. The Morgan fingerprint density at radius 1 is 1.23 bits per heavy atom. The highest BCUT2D eigenvalue weighted by atomic mass is 79.9. The van der Waals surface area contributed by atoms with E-state index in [-0.39, 0.29) is 0 Å². The first-order chi connectivity index (χ1) is 10.6. The first-order valence-corrected chi connectivity index (χ1v) is 7.82. The average Bonchev–Trinajstić information content (AvgIpc) is 2.49. The molecule has 2 aromatic rings. The summed E-state index contributed by atoms with van der Waals surface area (Å²) >= 11 is 9.32. The topological polar surface area (TPSA) is 51.0 Å². The zero-order chi connectivity index (χ0) is 15.9. The van der Waals surface area contributed by atoms with Gasteiger partial charge in [-0.2, -0.15) is 0 Å². The van der Waals surface area contributed by atoms with Gasteiger partial charge in [0.05, 0.1) is 17.3 Å². The molecule has 22 heavy (non-hydrogen) atoms. The van der Waals surface area contributed by atoms with Crippen molar-refractivity contribution in [2.75, 3.05) is 6.61 Å². The van der Waals surface area contributed by atoms with E-state index in [1.165, 1.54) is 6.21 Å². The fourth-order valence-electron chi connectivity index (χ4n) is 1.87. The van der Waals surface area contributed by atoms with Gasteiger partial charge in [0, 0.05) is 10.6 Å². The SMILES string of the molecule is CCOc1cc(/C=N/O)cc(Br)c1OCc1ccc(Cl)cc1. The summed E-state index contributed by atoms with van der Waals surface area (Å²) in [4.78, 5) is 0. The van der Waals surface area contributed by atoms with Crippen LogP contribution in [0.5, 0.6) is 11.5 Å². The number of ether oxygens (including phenoxy) is 2. The fraction of sp³-hybridized carbons (Fsp3) is 0.188. The highest BCUT2D eigenvalue weighted by Gasteiger charge is 2.12. The maximum atomic E-state index is 8.65. The molecule has 1 N–H and O–H groups in total. The van der Waals surface area contributed by atoms with Crippen LogP contribution in [-0.2, 0) is 6.61 Å². The third-order valence-electron chi connectivity index (χ3n) is 2.83. The van der Waals surface area contributed by atoms with E-state index >= 15 is 0 Å². The molecule has 4 nitrogen and oxygen atoms in total. The van der Waals surface area contributed by atoms with E-state index in [1.54, 1.807) is 12.1 Å². The van der Waals surface area contributed by atoms with Gasteiger partial charge in [-0.05, 0) is 52.7 Å². The van der Waals surface area contributed by atoms with Gasteiger partial charge in [0.1, 0.15) is 6.61 Å². The molecule has 0 heterocycles. The molecule has 6 heteroatoms. The first-order valence-electron chi connectivity index (χ1n) is 6.65. The van der Waals surface area contributed by atoms with Crippen molar-refractivity contribution < 1.29 is 14.7 Å². The molecular weight excluding hydrogens is 370 g/mol. The molecule has 0 radical (unpaired) electrons. The smallest absolute Gasteiger partial charge is 0.175 e. The van der Waals surface area contributed by atoms with E-state index in [1.807, 2.05) is 31.2 Å². The van der Waals surface area contributed by atoms with Gasteiger partial charge in [0.15, 0.2) is 11.5 Å². The monoisotopic (exact) mass is 383 g/mol. The van der Waals surface area contributed by atoms with E-state index in [9.17, 15) is 0 Å². The summed E-state index contributed by atoms with van der Waals surface area (Å²) in [5.74, 6) is 1.19. The van der Waals surface area contributed by atoms with Crippen molar-refractivity contribution in [1.82, 2.24) is 0 Å². The second-order valence-corrected chi connectivity index (χ2v) is 5.71. The van der Waals surface area contributed by atoms with Crippen molar-refractivity contribution in [2.45, 2.75) is 13.5 Å². The molecule has 0 aliphatic heterocycles. The lowest BCUT2D eigenvalue weighted by molar-refractivity contribution is 0.267. The van der Waals surface area contributed by atoms with Gasteiger partial charge in [0.25, 0.3) is 0 Å². The highest BCUT2D eigenvalue weighted by Crippen LogP contribution is 2.37. The van der Waals surface area contributed by atoms with Crippen molar-refractivity contribution >= 4 is 33.7 Å². The second-order valence-electron chi connectivity index (χ2n) is 4.42. The van der Waals surface area contributed by atoms with Crippen molar-refractivity contribution in [2.24, 2.45) is 5.16 Å². The van der Waals surface area contributed by atoms with E-state index in [0.717, 1.165) is 10.0 Å². The quantitative estimate of drug-likeness (QED) is 0.438. The minimum absolute atomic E-state index is 0.392. The Balaban J connectivity index is 2.22. The molecule has 0 bridgehead atoms. The summed E-state index contributed by atoms with van der Waals surface area (Å²) in [6, 6.07) is 11.0.